The van der Waals surface area contributed by atoms with Crippen molar-refractivity contribution in [1.29, 1.82) is 0 Å². The molecule has 0 aromatic carbocycles. The maximum absolute atomic E-state index is 10.3. The molecule has 7 atom stereocenters. The Morgan fingerprint density at radius 3 is 2.11 bits per heavy atom. The molecule has 3 nitrogen and oxygen atoms in total. The van der Waals surface area contributed by atoms with Gasteiger partial charge in [-0.2, -0.15) is 0 Å². The molecule has 0 spiro atoms. The molecule has 3 heteroatoms. The summed E-state index contributed by atoms with van der Waals surface area (Å²) in [5.74, 6) is 3.94. The van der Waals surface area contributed by atoms with Gasteiger partial charge in [0.25, 0.3) is 0 Å². The Bertz CT molecular complexity index is 738. The van der Waals surface area contributed by atoms with Crippen LogP contribution in [-0.4, -0.2) is 32.6 Å². The Morgan fingerprint density at radius 2 is 1.51 bits per heavy atom. The van der Waals surface area contributed by atoms with Crippen molar-refractivity contribution in [1.82, 2.24) is 0 Å². The fourth-order valence-corrected chi connectivity index (χ4v) is 9.60. The number of aliphatic hydroxyl groups excluding tert-OH is 1. The van der Waals surface area contributed by atoms with Crippen molar-refractivity contribution in [2.45, 2.75) is 149 Å². The summed E-state index contributed by atoms with van der Waals surface area (Å²) < 4.78 is 0. The van der Waals surface area contributed by atoms with Crippen molar-refractivity contribution >= 4 is 0 Å². The molecule has 3 fully saturated rings. The van der Waals surface area contributed by atoms with Crippen LogP contribution >= 0.6 is 0 Å². The van der Waals surface area contributed by atoms with Crippen LogP contribution in [0, 0.1) is 40.4 Å². The summed E-state index contributed by atoms with van der Waals surface area (Å²) in [7, 11) is 0. The first-order valence-electron chi connectivity index (χ1n) is 15.1. The highest BCUT2D eigenvalue weighted by atomic mass is 16.3. The lowest BCUT2D eigenvalue weighted by molar-refractivity contribution is -0.0598. The Balaban J connectivity index is 1.50. The molecule has 0 heterocycles. The number of fused-ring (bicyclic) bond motifs is 5. The van der Waals surface area contributed by atoms with Gasteiger partial charge in [-0.1, -0.05) is 51.2 Å². The number of rotatable bonds is 9. The van der Waals surface area contributed by atoms with Crippen molar-refractivity contribution in [2.75, 3.05) is 0 Å². The van der Waals surface area contributed by atoms with Crippen molar-refractivity contribution in [2.24, 2.45) is 40.4 Å². The van der Waals surface area contributed by atoms with E-state index in [4.69, 9.17) is 0 Å². The number of allylic oxidation sites excluding steroid dienone is 1. The summed E-state index contributed by atoms with van der Waals surface area (Å²) in [5.41, 5.74) is 1.18. The summed E-state index contributed by atoms with van der Waals surface area (Å²) >= 11 is 0. The highest BCUT2D eigenvalue weighted by molar-refractivity contribution is 5.25. The van der Waals surface area contributed by atoms with Crippen molar-refractivity contribution in [3.05, 3.63) is 11.6 Å². The summed E-state index contributed by atoms with van der Waals surface area (Å²) in [6, 6.07) is 0. The molecule has 4 aliphatic rings. The van der Waals surface area contributed by atoms with Crippen molar-refractivity contribution in [3.8, 4) is 0 Å². The molecule has 3 N–H and O–H groups in total. The van der Waals surface area contributed by atoms with E-state index in [1.165, 1.54) is 51.4 Å². The zero-order valence-corrected chi connectivity index (χ0v) is 23.8. The molecule has 0 saturated heterocycles. The van der Waals surface area contributed by atoms with Gasteiger partial charge in [-0.15, -0.1) is 0 Å². The SMILES string of the molecule is CC(C)(O)CCCC(CCCC(C)(C)O)[C@H]1CC[C@H]2[C@@H]3CC=C4C[C@@H](O)CC[C@]4(C)[C@H]3CC[C@]12C. The number of aliphatic hydroxyl groups is 3. The molecular weight excluding hydrogens is 432 g/mol. The lowest BCUT2D eigenvalue weighted by Crippen LogP contribution is -2.51. The van der Waals surface area contributed by atoms with Crippen molar-refractivity contribution in [3.63, 3.8) is 0 Å². The Kier molecular flexibility index (Phi) is 7.95. The van der Waals surface area contributed by atoms with E-state index in [2.05, 4.69) is 19.9 Å². The molecule has 4 aliphatic carbocycles. The zero-order chi connectivity index (χ0) is 25.6. The molecule has 0 bridgehead atoms. The average molecular weight is 489 g/mol. The van der Waals surface area contributed by atoms with Crippen molar-refractivity contribution < 1.29 is 15.3 Å². The first-order valence-corrected chi connectivity index (χ1v) is 15.1. The molecule has 0 aliphatic heterocycles. The van der Waals surface area contributed by atoms with Crippen LogP contribution < -0.4 is 0 Å². The van der Waals surface area contributed by atoms with Crippen LogP contribution in [0.3, 0.4) is 0 Å². The van der Waals surface area contributed by atoms with Crippen LogP contribution in [0.1, 0.15) is 131 Å². The zero-order valence-electron chi connectivity index (χ0n) is 23.8. The number of hydrogen-bond donors (Lipinski definition) is 3. The van der Waals surface area contributed by atoms with Gasteiger partial charge in [0.1, 0.15) is 0 Å². The van der Waals surface area contributed by atoms with Crippen LogP contribution in [-0.2, 0) is 0 Å². The minimum atomic E-state index is -0.576. The molecule has 0 aromatic heterocycles. The monoisotopic (exact) mass is 488 g/mol. The van der Waals surface area contributed by atoms with E-state index < -0.39 is 11.2 Å². The van der Waals surface area contributed by atoms with Gasteiger partial charge < -0.3 is 15.3 Å². The Labute approximate surface area is 216 Å². The van der Waals surface area contributed by atoms with E-state index in [-0.39, 0.29) is 6.10 Å². The summed E-state index contributed by atoms with van der Waals surface area (Å²) in [6.07, 6.45) is 18.6. The summed E-state index contributed by atoms with van der Waals surface area (Å²) in [4.78, 5) is 0. The minimum Gasteiger partial charge on any atom is -0.393 e. The van der Waals surface area contributed by atoms with Gasteiger partial charge in [0.15, 0.2) is 0 Å². The quantitative estimate of drug-likeness (QED) is 0.296. The predicted octanol–water partition coefficient (Wildman–Crippen LogP) is 7.42. The lowest BCUT2D eigenvalue weighted by Gasteiger charge is -2.58. The second-order valence-electron chi connectivity index (χ2n) is 15.1. The third-order valence-electron chi connectivity index (χ3n) is 11.4. The standard InChI is InChI=1S/C32H56O3/c1-29(2,34)17-7-9-22(10-8-18-30(3,4)35)26-13-14-27-25-12-11-23-21-24(33)15-19-31(23,5)28(25)16-20-32(26,27)6/h11,22,24-28,33-35H,7-10,12-21H2,1-6H3/t24-,25-,26+,27-,28-,31-,32+/m0/s1. The van der Waals surface area contributed by atoms with Gasteiger partial charge in [-0.25, -0.2) is 0 Å². The van der Waals surface area contributed by atoms with Gasteiger partial charge in [0, 0.05) is 0 Å². The molecule has 0 aromatic rings. The van der Waals surface area contributed by atoms with E-state index in [0.717, 1.165) is 62.2 Å². The van der Waals surface area contributed by atoms with E-state index in [1.54, 1.807) is 5.57 Å². The molecular formula is C32H56O3. The molecule has 202 valence electrons. The Morgan fingerprint density at radius 1 is 0.886 bits per heavy atom. The maximum atomic E-state index is 10.3. The minimum absolute atomic E-state index is 0.121. The Hall–Kier alpha value is -0.380. The first kappa shape index (κ1) is 27.6. The molecule has 4 rings (SSSR count). The van der Waals surface area contributed by atoms with Gasteiger partial charge in [0.2, 0.25) is 0 Å². The van der Waals surface area contributed by atoms with Crippen LogP contribution in [0.15, 0.2) is 11.6 Å². The highest BCUT2D eigenvalue weighted by Crippen LogP contribution is 2.67. The summed E-state index contributed by atoms with van der Waals surface area (Å²) in [6.45, 7) is 13.0. The van der Waals surface area contributed by atoms with Crippen LogP contribution in [0.2, 0.25) is 0 Å². The van der Waals surface area contributed by atoms with Gasteiger partial charge >= 0.3 is 0 Å². The third kappa shape index (κ3) is 5.88. The molecule has 0 unspecified atom stereocenters. The smallest absolute Gasteiger partial charge is 0.0591 e. The molecule has 3 saturated carbocycles. The predicted molar refractivity (Wildman–Crippen MR) is 145 cm³/mol. The van der Waals surface area contributed by atoms with E-state index in [1.807, 2.05) is 27.7 Å². The van der Waals surface area contributed by atoms with Gasteiger partial charge in [-0.3, -0.25) is 0 Å². The molecule has 35 heavy (non-hydrogen) atoms. The first-order chi connectivity index (χ1) is 16.2. The van der Waals surface area contributed by atoms with Gasteiger partial charge in [-0.05, 0) is 132 Å². The second kappa shape index (κ2) is 10.1. The maximum Gasteiger partial charge on any atom is 0.0591 e. The van der Waals surface area contributed by atoms with Gasteiger partial charge in [0.05, 0.1) is 17.3 Å². The van der Waals surface area contributed by atoms with E-state index in [0.29, 0.717) is 16.7 Å². The largest absolute Gasteiger partial charge is 0.393 e. The van der Waals surface area contributed by atoms with Crippen LogP contribution in [0.5, 0.6) is 0 Å². The fraction of sp³-hybridized carbons (Fsp3) is 0.938. The lowest BCUT2D eigenvalue weighted by atomic mass is 9.47. The molecule has 0 radical (unpaired) electrons. The topological polar surface area (TPSA) is 60.7 Å². The summed E-state index contributed by atoms with van der Waals surface area (Å²) in [5, 5.41) is 31.0. The molecule has 0 amide bonds. The van der Waals surface area contributed by atoms with E-state index >= 15 is 0 Å². The second-order valence-corrected chi connectivity index (χ2v) is 15.1. The fourth-order valence-electron chi connectivity index (χ4n) is 9.60. The number of hydrogen-bond acceptors (Lipinski definition) is 3. The average Bonchev–Trinajstić information content (AvgIpc) is 3.08. The third-order valence-corrected chi connectivity index (χ3v) is 11.4. The van der Waals surface area contributed by atoms with Crippen LogP contribution in [0.25, 0.3) is 0 Å². The highest BCUT2D eigenvalue weighted by Gasteiger charge is 2.59. The van der Waals surface area contributed by atoms with E-state index in [9.17, 15) is 15.3 Å². The normalized spacial score (nSPS) is 39.7. The van der Waals surface area contributed by atoms with Crippen LogP contribution in [0.4, 0.5) is 0 Å².